The largest absolute Gasteiger partial charge is 0.497 e. The van der Waals surface area contributed by atoms with E-state index >= 15 is 0 Å². The summed E-state index contributed by atoms with van der Waals surface area (Å²) < 4.78 is 5.05. The van der Waals surface area contributed by atoms with Crippen molar-refractivity contribution in [2.75, 3.05) is 13.7 Å². The zero-order chi connectivity index (χ0) is 19.6. The van der Waals surface area contributed by atoms with E-state index in [1.807, 2.05) is 0 Å². The van der Waals surface area contributed by atoms with Crippen LogP contribution in [-0.4, -0.2) is 41.2 Å². The minimum Gasteiger partial charge on any atom is -0.497 e. The summed E-state index contributed by atoms with van der Waals surface area (Å²) in [5.74, 6) is -1.21. The summed E-state index contributed by atoms with van der Waals surface area (Å²) in [5, 5.41) is 13.5. The van der Waals surface area contributed by atoms with E-state index < -0.39 is 29.2 Å². The molecule has 0 spiro atoms. The molecule has 1 aliphatic rings. The van der Waals surface area contributed by atoms with Crippen molar-refractivity contribution in [1.29, 1.82) is 0 Å². The van der Waals surface area contributed by atoms with Crippen molar-refractivity contribution in [3.05, 3.63) is 69.3 Å². The van der Waals surface area contributed by atoms with Gasteiger partial charge in [-0.25, -0.2) is 0 Å². The number of nitro benzene ring substituents is 1. The van der Waals surface area contributed by atoms with Gasteiger partial charge >= 0.3 is 0 Å². The van der Waals surface area contributed by atoms with E-state index in [0.29, 0.717) is 5.75 Å². The highest BCUT2D eigenvalue weighted by atomic mass is 16.6. The number of hydrogen-bond acceptors (Lipinski definition) is 6. The molecule has 0 aromatic heterocycles. The molecule has 2 aromatic rings. The summed E-state index contributed by atoms with van der Waals surface area (Å²) in [4.78, 5) is 47.7. The number of rotatable bonds is 6. The third-order valence-corrected chi connectivity index (χ3v) is 4.12. The molecule has 1 heterocycles. The molecule has 2 aromatic carbocycles. The first-order valence-electron chi connectivity index (χ1n) is 7.95. The van der Waals surface area contributed by atoms with Crippen LogP contribution >= 0.6 is 0 Å². The van der Waals surface area contributed by atoms with E-state index in [4.69, 9.17) is 4.74 Å². The van der Waals surface area contributed by atoms with E-state index in [-0.39, 0.29) is 23.4 Å². The SMILES string of the molecule is COc1ccc(CNC(=O)CN2C(=O)c3ccc([N+](=O)[O-])cc3C2=O)cc1. The van der Waals surface area contributed by atoms with E-state index in [1.165, 1.54) is 6.07 Å². The summed E-state index contributed by atoms with van der Waals surface area (Å²) in [5.41, 5.74) is 0.508. The van der Waals surface area contributed by atoms with E-state index in [0.717, 1.165) is 22.6 Å². The van der Waals surface area contributed by atoms with Gasteiger partial charge in [0, 0.05) is 18.7 Å². The van der Waals surface area contributed by atoms with Crippen molar-refractivity contribution >= 4 is 23.4 Å². The zero-order valence-electron chi connectivity index (χ0n) is 14.3. The Bertz CT molecular complexity index is 939. The maximum atomic E-state index is 12.4. The smallest absolute Gasteiger partial charge is 0.270 e. The molecule has 0 unspecified atom stereocenters. The number of amides is 3. The Labute approximate surface area is 153 Å². The Balaban J connectivity index is 1.64. The van der Waals surface area contributed by atoms with Crippen LogP contribution in [0.1, 0.15) is 26.3 Å². The average Bonchev–Trinajstić information content (AvgIpc) is 2.91. The summed E-state index contributed by atoms with van der Waals surface area (Å²) in [6.07, 6.45) is 0. The number of benzene rings is 2. The van der Waals surface area contributed by atoms with Gasteiger partial charge in [0.25, 0.3) is 17.5 Å². The summed E-state index contributed by atoms with van der Waals surface area (Å²) in [6, 6.07) is 10.5. The average molecular weight is 369 g/mol. The predicted molar refractivity (Wildman–Crippen MR) is 93.3 cm³/mol. The molecule has 0 saturated heterocycles. The number of nitrogens with one attached hydrogen (secondary N) is 1. The lowest BCUT2D eigenvalue weighted by atomic mass is 10.1. The van der Waals surface area contributed by atoms with Gasteiger partial charge in [0.1, 0.15) is 12.3 Å². The minimum atomic E-state index is -0.724. The second kappa shape index (κ2) is 7.24. The van der Waals surface area contributed by atoms with Crippen LogP contribution in [0.15, 0.2) is 42.5 Å². The zero-order valence-corrected chi connectivity index (χ0v) is 14.3. The molecule has 0 aliphatic carbocycles. The Morgan fingerprint density at radius 1 is 1.11 bits per heavy atom. The number of nitrogens with zero attached hydrogens (tertiary/aromatic N) is 2. The Morgan fingerprint density at radius 2 is 1.78 bits per heavy atom. The quantitative estimate of drug-likeness (QED) is 0.468. The van der Waals surface area contributed by atoms with Crippen molar-refractivity contribution in [2.24, 2.45) is 0 Å². The lowest BCUT2D eigenvalue weighted by molar-refractivity contribution is -0.384. The first-order chi connectivity index (χ1) is 12.9. The van der Waals surface area contributed by atoms with Crippen molar-refractivity contribution in [3.63, 3.8) is 0 Å². The molecular weight excluding hydrogens is 354 g/mol. The first-order valence-corrected chi connectivity index (χ1v) is 7.95. The standard InChI is InChI=1S/C18H15N3O6/c1-27-13-5-2-11(3-6-13)9-19-16(22)10-20-17(23)14-7-4-12(21(25)26)8-15(14)18(20)24/h2-8H,9-10H2,1H3,(H,19,22). The molecule has 1 N–H and O–H groups in total. The topological polar surface area (TPSA) is 119 Å². The fraction of sp³-hybridized carbons (Fsp3) is 0.167. The highest BCUT2D eigenvalue weighted by molar-refractivity contribution is 6.22. The molecular formula is C18H15N3O6. The highest BCUT2D eigenvalue weighted by Crippen LogP contribution is 2.26. The van der Waals surface area contributed by atoms with Gasteiger partial charge in [-0.1, -0.05) is 12.1 Å². The molecule has 9 nitrogen and oxygen atoms in total. The molecule has 0 bridgehead atoms. The van der Waals surface area contributed by atoms with Crippen LogP contribution < -0.4 is 10.1 Å². The van der Waals surface area contributed by atoms with Gasteiger partial charge in [-0.15, -0.1) is 0 Å². The third-order valence-electron chi connectivity index (χ3n) is 4.12. The maximum Gasteiger partial charge on any atom is 0.270 e. The molecule has 27 heavy (non-hydrogen) atoms. The van der Waals surface area contributed by atoms with Crippen molar-refractivity contribution < 1.29 is 24.0 Å². The number of carbonyl (C=O) groups excluding carboxylic acids is 3. The van der Waals surface area contributed by atoms with Gasteiger partial charge in [-0.05, 0) is 23.8 Å². The number of nitro groups is 1. The normalized spacial score (nSPS) is 12.7. The molecule has 0 atom stereocenters. The monoisotopic (exact) mass is 369 g/mol. The van der Waals surface area contributed by atoms with Gasteiger partial charge < -0.3 is 10.1 Å². The van der Waals surface area contributed by atoms with Crippen LogP contribution in [0.5, 0.6) is 5.75 Å². The molecule has 3 amide bonds. The van der Waals surface area contributed by atoms with Crippen molar-refractivity contribution in [2.45, 2.75) is 6.54 Å². The van der Waals surface area contributed by atoms with Crippen LogP contribution in [-0.2, 0) is 11.3 Å². The number of carbonyl (C=O) groups is 3. The van der Waals surface area contributed by atoms with E-state index in [1.54, 1.807) is 31.4 Å². The molecule has 0 saturated carbocycles. The Kier molecular flexibility index (Phi) is 4.84. The van der Waals surface area contributed by atoms with E-state index in [9.17, 15) is 24.5 Å². The van der Waals surface area contributed by atoms with Gasteiger partial charge in [-0.3, -0.25) is 29.4 Å². The number of fused-ring (bicyclic) bond motifs is 1. The lowest BCUT2D eigenvalue weighted by Crippen LogP contribution is -2.40. The number of ether oxygens (including phenoxy) is 1. The second-order valence-electron chi connectivity index (χ2n) is 5.81. The predicted octanol–water partition coefficient (Wildman–Crippen LogP) is 1.52. The maximum absolute atomic E-state index is 12.4. The van der Waals surface area contributed by atoms with Crippen molar-refractivity contribution in [3.8, 4) is 5.75 Å². The number of hydrogen-bond donors (Lipinski definition) is 1. The Hall–Kier alpha value is -3.75. The van der Waals surface area contributed by atoms with Crippen LogP contribution in [0.4, 0.5) is 5.69 Å². The fourth-order valence-electron chi connectivity index (χ4n) is 2.68. The van der Waals surface area contributed by atoms with E-state index in [2.05, 4.69) is 5.32 Å². The first kappa shape index (κ1) is 18.1. The third kappa shape index (κ3) is 3.61. The Morgan fingerprint density at radius 3 is 2.41 bits per heavy atom. The molecule has 0 radical (unpaired) electrons. The molecule has 138 valence electrons. The summed E-state index contributed by atoms with van der Waals surface area (Å²) in [6.45, 7) is -0.242. The number of non-ortho nitro benzene ring substituents is 1. The van der Waals surface area contributed by atoms with Crippen molar-refractivity contribution in [1.82, 2.24) is 10.2 Å². The van der Waals surface area contributed by atoms with Gasteiger partial charge in [0.15, 0.2) is 0 Å². The molecule has 1 aliphatic heterocycles. The van der Waals surface area contributed by atoms with Crippen LogP contribution in [0.3, 0.4) is 0 Å². The number of imide groups is 1. The summed E-state index contributed by atoms with van der Waals surface area (Å²) in [7, 11) is 1.55. The van der Waals surface area contributed by atoms with Crippen LogP contribution in [0, 0.1) is 10.1 Å². The molecule has 0 fully saturated rings. The van der Waals surface area contributed by atoms with Gasteiger partial charge in [0.05, 0.1) is 23.2 Å². The van der Waals surface area contributed by atoms with Crippen LogP contribution in [0.25, 0.3) is 0 Å². The fourth-order valence-corrected chi connectivity index (χ4v) is 2.68. The highest BCUT2D eigenvalue weighted by Gasteiger charge is 2.37. The second-order valence-corrected chi connectivity index (χ2v) is 5.81. The minimum absolute atomic E-state index is 0.0496. The molecule has 9 heteroatoms. The summed E-state index contributed by atoms with van der Waals surface area (Å²) >= 11 is 0. The van der Waals surface area contributed by atoms with Crippen LogP contribution in [0.2, 0.25) is 0 Å². The van der Waals surface area contributed by atoms with Gasteiger partial charge in [0.2, 0.25) is 5.91 Å². The molecule has 3 rings (SSSR count). The number of methoxy groups -OCH3 is 1. The lowest BCUT2D eigenvalue weighted by Gasteiger charge is -2.13. The van der Waals surface area contributed by atoms with Gasteiger partial charge in [-0.2, -0.15) is 0 Å².